The topological polar surface area (TPSA) is 40.6 Å². The maximum atomic E-state index is 13.0. The fourth-order valence-corrected chi connectivity index (χ4v) is 4.19. The average molecular weight is 384 g/mol. The molecule has 0 fully saturated rings. The van der Waals surface area contributed by atoms with Crippen molar-refractivity contribution >= 4 is 15.7 Å². The first-order valence-electron chi connectivity index (χ1n) is 8.13. The first kappa shape index (κ1) is 18.6. The van der Waals surface area contributed by atoms with Crippen LogP contribution in [0.3, 0.4) is 0 Å². The van der Waals surface area contributed by atoms with E-state index in [2.05, 4.69) is 6.58 Å². The number of allylic oxidation sites excluding steroid dienone is 3. The van der Waals surface area contributed by atoms with E-state index >= 15 is 0 Å². The van der Waals surface area contributed by atoms with Gasteiger partial charge in [0.05, 0.1) is 5.70 Å². The van der Waals surface area contributed by atoms with Crippen molar-refractivity contribution in [2.75, 3.05) is 18.5 Å². The van der Waals surface area contributed by atoms with Gasteiger partial charge in [-0.1, -0.05) is 30.9 Å². The Balaban J connectivity index is 2.01. The van der Waals surface area contributed by atoms with Gasteiger partial charge in [-0.25, -0.2) is 0 Å². The third kappa shape index (κ3) is 3.02. The van der Waals surface area contributed by atoms with E-state index in [0.29, 0.717) is 34.8 Å². The molecule has 2 aliphatic rings. The number of para-hydroxylation sites is 1. The summed E-state index contributed by atoms with van der Waals surface area (Å²) in [6.07, 6.45) is 4.95. The summed E-state index contributed by atoms with van der Waals surface area (Å²) in [7, 11) is -4.52. The van der Waals surface area contributed by atoms with Gasteiger partial charge < -0.3 is 4.90 Å². The Morgan fingerprint density at radius 1 is 1.19 bits per heavy atom. The molecule has 8 heteroatoms. The molecule has 1 heterocycles. The summed E-state index contributed by atoms with van der Waals surface area (Å²) in [5, 5.41) is 0. The number of likely N-dealkylation sites (N-methyl/N-ethyl adjacent to an activating group) is 1. The lowest BCUT2D eigenvalue weighted by molar-refractivity contribution is -0.0474. The van der Waals surface area contributed by atoms with Crippen LogP contribution < -0.4 is 4.90 Å². The third-order valence-electron chi connectivity index (χ3n) is 4.72. The first-order chi connectivity index (χ1) is 12.2. The van der Waals surface area contributed by atoms with Gasteiger partial charge in [0.1, 0.15) is 0 Å². The number of anilines is 1. The highest BCUT2D eigenvalue weighted by molar-refractivity contribution is 7.90. The Morgan fingerprint density at radius 3 is 2.54 bits per heavy atom. The Labute approximate surface area is 151 Å². The average Bonchev–Trinajstić information content (AvgIpc) is 3.18. The maximum absolute atomic E-state index is 13.0. The van der Waals surface area contributed by atoms with Gasteiger partial charge in [0.2, 0.25) is 0 Å². The van der Waals surface area contributed by atoms with Crippen molar-refractivity contribution in [2.24, 2.45) is 0 Å². The molecule has 26 heavy (non-hydrogen) atoms. The van der Waals surface area contributed by atoms with Crippen LogP contribution in [0.1, 0.15) is 18.4 Å². The zero-order chi connectivity index (χ0) is 19.1. The number of halogens is 3. The zero-order valence-corrected chi connectivity index (χ0v) is 15.1. The SMILES string of the molecule is C=CC1=C(N(C)S(=O)(=O)C(F)(F)F)/C(=C/N2CCc3ccccc32)CC1. The second-order valence-electron chi connectivity index (χ2n) is 6.22. The van der Waals surface area contributed by atoms with E-state index in [0.717, 1.165) is 24.7 Å². The van der Waals surface area contributed by atoms with Crippen LogP contribution in [0, 0.1) is 0 Å². The third-order valence-corrected chi connectivity index (χ3v) is 6.21. The summed E-state index contributed by atoms with van der Waals surface area (Å²) in [6, 6.07) is 7.79. The van der Waals surface area contributed by atoms with E-state index in [-0.39, 0.29) is 5.70 Å². The second-order valence-corrected chi connectivity index (χ2v) is 8.18. The van der Waals surface area contributed by atoms with Crippen molar-refractivity contribution in [1.29, 1.82) is 0 Å². The maximum Gasteiger partial charge on any atom is 0.516 e. The predicted molar refractivity (Wildman–Crippen MR) is 94.8 cm³/mol. The largest absolute Gasteiger partial charge is 0.516 e. The first-order valence-corrected chi connectivity index (χ1v) is 9.57. The van der Waals surface area contributed by atoms with Crippen molar-refractivity contribution in [3.8, 4) is 0 Å². The van der Waals surface area contributed by atoms with Crippen LogP contribution in [-0.2, 0) is 16.4 Å². The summed E-state index contributed by atoms with van der Waals surface area (Å²) in [4.78, 5) is 1.96. The Kier molecular flexibility index (Phi) is 4.64. The number of fused-ring (bicyclic) bond motifs is 1. The minimum atomic E-state index is -5.46. The molecule has 0 radical (unpaired) electrons. The van der Waals surface area contributed by atoms with Crippen molar-refractivity contribution in [2.45, 2.75) is 24.8 Å². The molecule has 0 saturated carbocycles. The van der Waals surface area contributed by atoms with Gasteiger partial charge in [-0.05, 0) is 42.0 Å². The summed E-state index contributed by atoms with van der Waals surface area (Å²) in [5.74, 6) is 0. The van der Waals surface area contributed by atoms with Crippen molar-refractivity contribution in [1.82, 2.24) is 4.31 Å². The summed E-state index contributed by atoms with van der Waals surface area (Å²) in [5.41, 5.74) is -2.07. The molecule has 0 unspecified atom stereocenters. The number of hydrogen-bond donors (Lipinski definition) is 0. The van der Waals surface area contributed by atoms with E-state index in [9.17, 15) is 21.6 Å². The smallest absolute Gasteiger partial charge is 0.347 e. The Hall–Kier alpha value is -2.22. The van der Waals surface area contributed by atoms with Crippen LogP contribution >= 0.6 is 0 Å². The highest BCUT2D eigenvalue weighted by atomic mass is 32.2. The van der Waals surface area contributed by atoms with Crippen LogP contribution in [0.4, 0.5) is 18.9 Å². The molecular weight excluding hydrogens is 365 g/mol. The molecule has 3 rings (SSSR count). The van der Waals surface area contributed by atoms with Crippen molar-refractivity contribution in [3.05, 3.63) is 65.5 Å². The molecule has 1 aromatic carbocycles. The van der Waals surface area contributed by atoms with E-state index in [4.69, 9.17) is 0 Å². The van der Waals surface area contributed by atoms with Gasteiger partial charge in [-0.15, -0.1) is 0 Å². The van der Waals surface area contributed by atoms with Crippen LogP contribution in [0.25, 0.3) is 0 Å². The van der Waals surface area contributed by atoms with E-state index in [1.807, 2.05) is 29.2 Å². The zero-order valence-electron chi connectivity index (χ0n) is 14.3. The molecule has 0 bridgehead atoms. The monoisotopic (exact) mass is 384 g/mol. The minimum absolute atomic E-state index is 0.0710. The standard InChI is InChI=1S/C18H19F3N2O2S/c1-3-13-8-9-15(17(13)22(2)26(24,25)18(19,20)21)12-23-11-10-14-6-4-5-7-16(14)23/h3-7,12H,1,8-11H2,2H3/b15-12+. The summed E-state index contributed by atoms with van der Waals surface area (Å²) >= 11 is 0. The fourth-order valence-electron chi connectivity index (χ4n) is 3.40. The second kappa shape index (κ2) is 6.50. The lowest BCUT2D eigenvalue weighted by atomic mass is 10.2. The summed E-state index contributed by atoms with van der Waals surface area (Å²) < 4.78 is 63.1. The Morgan fingerprint density at radius 2 is 1.88 bits per heavy atom. The highest BCUT2D eigenvalue weighted by Gasteiger charge is 2.50. The van der Waals surface area contributed by atoms with Crippen molar-refractivity contribution < 1.29 is 21.6 Å². The van der Waals surface area contributed by atoms with Crippen LogP contribution in [0.5, 0.6) is 0 Å². The lowest BCUT2D eigenvalue weighted by Crippen LogP contribution is -2.38. The van der Waals surface area contributed by atoms with Gasteiger partial charge >= 0.3 is 15.5 Å². The fraction of sp³-hybridized carbons (Fsp3) is 0.333. The van der Waals surface area contributed by atoms with Gasteiger partial charge in [0, 0.05) is 25.5 Å². The lowest BCUT2D eigenvalue weighted by Gasteiger charge is -2.25. The quantitative estimate of drug-likeness (QED) is 0.789. The number of nitrogens with zero attached hydrogens (tertiary/aromatic N) is 2. The molecule has 1 aromatic rings. The molecule has 0 aromatic heterocycles. The normalized spacial score (nSPS) is 19.2. The van der Waals surface area contributed by atoms with Crippen LogP contribution in [0.2, 0.25) is 0 Å². The molecule has 140 valence electrons. The van der Waals surface area contributed by atoms with Crippen LogP contribution in [-0.4, -0.2) is 31.8 Å². The molecular formula is C18H19F3N2O2S. The van der Waals surface area contributed by atoms with Crippen LogP contribution in [0.15, 0.2) is 60.0 Å². The van der Waals surface area contributed by atoms with Gasteiger partial charge in [-0.2, -0.15) is 21.6 Å². The van der Waals surface area contributed by atoms with Gasteiger partial charge in [0.15, 0.2) is 0 Å². The van der Waals surface area contributed by atoms with Gasteiger partial charge in [-0.3, -0.25) is 4.31 Å². The molecule has 0 amide bonds. The number of rotatable bonds is 4. The summed E-state index contributed by atoms with van der Waals surface area (Å²) in [6.45, 7) is 4.32. The van der Waals surface area contributed by atoms with E-state index in [1.165, 1.54) is 6.08 Å². The number of sulfonamides is 1. The number of hydrogen-bond acceptors (Lipinski definition) is 3. The molecule has 0 atom stereocenters. The predicted octanol–water partition coefficient (Wildman–Crippen LogP) is 3.95. The van der Waals surface area contributed by atoms with E-state index < -0.39 is 15.5 Å². The minimum Gasteiger partial charge on any atom is -0.347 e. The highest BCUT2D eigenvalue weighted by Crippen LogP contribution is 2.40. The Bertz CT molecular complexity index is 901. The number of alkyl halides is 3. The van der Waals surface area contributed by atoms with Crippen molar-refractivity contribution in [3.63, 3.8) is 0 Å². The molecule has 0 N–H and O–H groups in total. The van der Waals surface area contributed by atoms with E-state index in [1.54, 1.807) is 6.20 Å². The molecule has 1 aliphatic carbocycles. The molecule has 0 saturated heterocycles. The molecule has 1 aliphatic heterocycles. The number of benzene rings is 1. The molecule has 4 nitrogen and oxygen atoms in total. The van der Waals surface area contributed by atoms with Gasteiger partial charge in [0.25, 0.3) is 0 Å². The molecule has 0 spiro atoms.